The molecule has 0 amide bonds. The molecular weight excluding hydrogens is 376 g/mol. The van der Waals surface area contributed by atoms with Gasteiger partial charge in [0, 0.05) is 24.8 Å². The van der Waals surface area contributed by atoms with Crippen molar-refractivity contribution in [2.45, 2.75) is 18.1 Å². The molecule has 0 unspecified atom stereocenters. The number of nitrogens with zero attached hydrogens (tertiary/aromatic N) is 4. The Hall–Kier alpha value is -3.13. The first-order valence-corrected chi connectivity index (χ1v) is 9.73. The highest BCUT2D eigenvalue weighted by molar-refractivity contribution is 7.99. The van der Waals surface area contributed by atoms with E-state index in [1.54, 1.807) is 12.1 Å². The van der Waals surface area contributed by atoms with E-state index in [9.17, 15) is 10.1 Å². The van der Waals surface area contributed by atoms with E-state index < -0.39 is 4.92 Å². The van der Waals surface area contributed by atoms with Gasteiger partial charge in [-0.05, 0) is 11.6 Å². The first kappa shape index (κ1) is 19.6. The standard InChI is InChI=1S/C20H20N4O3S/c1-2-11-23-19(14-16-7-4-3-5-8-16)21-22-20(23)28-13-12-27-18-10-6-9-17(15-18)24(25)26/h2-10,15H,1,11-14H2. The van der Waals surface area contributed by atoms with Gasteiger partial charge in [0.1, 0.15) is 11.6 Å². The van der Waals surface area contributed by atoms with Gasteiger partial charge >= 0.3 is 0 Å². The fraction of sp³-hybridized carbons (Fsp3) is 0.200. The van der Waals surface area contributed by atoms with E-state index in [1.807, 2.05) is 28.8 Å². The van der Waals surface area contributed by atoms with Crippen LogP contribution in [0.15, 0.2) is 72.4 Å². The summed E-state index contributed by atoms with van der Waals surface area (Å²) in [5.41, 5.74) is 1.19. The molecule has 0 atom stereocenters. The Morgan fingerprint density at radius 3 is 2.75 bits per heavy atom. The lowest BCUT2D eigenvalue weighted by molar-refractivity contribution is -0.384. The van der Waals surface area contributed by atoms with E-state index in [0.717, 1.165) is 11.0 Å². The second-order valence-electron chi connectivity index (χ2n) is 5.91. The number of nitro groups is 1. The van der Waals surface area contributed by atoms with Crippen LogP contribution in [0.1, 0.15) is 11.4 Å². The minimum atomic E-state index is -0.437. The summed E-state index contributed by atoms with van der Waals surface area (Å²) < 4.78 is 7.66. The van der Waals surface area contributed by atoms with Crippen LogP contribution in [0, 0.1) is 10.1 Å². The van der Waals surface area contributed by atoms with Crippen LogP contribution in [0.5, 0.6) is 5.75 Å². The topological polar surface area (TPSA) is 83.1 Å². The maximum absolute atomic E-state index is 10.8. The average Bonchev–Trinajstić information content (AvgIpc) is 3.08. The van der Waals surface area contributed by atoms with Gasteiger partial charge in [-0.1, -0.05) is 54.2 Å². The number of thioether (sulfide) groups is 1. The summed E-state index contributed by atoms with van der Waals surface area (Å²) in [7, 11) is 0. The molecule has 0 saturated carbocycles. The Labute approximate surface area is 167 Å². The first-order chi connectivity index (χ1) is 13.7. The molecule has 0 saturated heterocycles. The molecular formula is C20H20N4O3S. The van der Waals surface area contributed by atoms with Crippen LogP contribution in [0.4, 0.5) is 5.69 Å². The third kappa shape index (κ3) is 5.20. The van der Waals surface area contributed by atoms with Gasteiger partial charge in [0.05, 0.1) is 17.6 Å². The van der Waals surface area contributed by atoms with Crippen LogP contribution in [0.25, 0.3) is 0 Å². The number of hydrogen-bond acceptors (Lipinski definition) is 6. The van der Waals surface area contributed by atoms with Crippen molar-refractivity contribution < 1.29 is 9.66 Å². The highest BCUT2D eigenvalue weighted by Gasteiger charge is 2.12. The van der Waals surface area contributed by atoms with Gasteiger partial charge in [-0.25, -0.2) is 0 Å². The zero-order chi connectivity index (χ0) is 19.8. The normalized spacial score (nSPS) is 10.6. The first-order valence-electron chi connectivity index (χ1n) is 8.74. The Morgan fingerprint density at radius 2 is 2.00 bits per heavy atom. The van der Waals surface area contributed by atoms with Crippen molar-refractivity contribution in [3.8, 4) is 5.75 Å². The van der Waals surface area contributed by atoms with Gasteiger partial charge < -0.3 is 9.30 Å². The van der Waals surface area contributed by atoms with Crippen molar-refractivity contribution in [2.24, 2.45) is 0 Å². The highest BCUT2D eigenvalue weighted by atomic mass is 32.2. The molecule has 0 spiro atoms. The zero-order valence-corrected chi connectivity index (χ0v) is 16.0. The van der Waals surface area contributed by atoms with Crippen molar-refractivity contribution in [1.29, 1.82) is 0 Å². The maximum Gasteiger partial charge on any atom is 0.273 e. The Morgan fingerprint density at radius 1 is 1.18 bits per heavy atom. The fourth-order valence-electron chi connectivity index (χ4n) is 2.63. The minimum absolute atomic E-state index is 0.0152. The van der Waals surface area contributed by atoms with Crippen LogP contribution in [0.3, 0.4) is 0 Å². The predicted octanol–water partition coefficient (Wildman–Crippen LogP) is 4.13. The number of ether oxygens (including phenoxy) is 1. The molecule has 0 N–H and O–H groups in total. The van der Waals surface area contributed by atoms with E-state index in [-0.39, 0.29) is 5.69 Å². The van der Waals surface area contributed by atoms with E-state index >= 15 is 0 Å². The van der Waals surface area contributed by atoms with Gasteiger partial charge in [-0.2, -0.15) is 0 Å². The van der Waals surface area contributed by atoms with Crippen LogP contribution >= 0.6 is 11.8 Å². The summed E-state index contributed by atoms with van der Waals surface area (Å²) >= 11 is 1.53. The second kappa shape index (κ2) is 9.70. The minimum Gasteiger partial charge on any atom is -0.492 e. The highest BCUT2D eigenvalue weighted by Crippen LogP contribution is 2.21. The lowest BCUT2D eigenvalue weighted by Crippen LogP contribution is -2.06. The molecule has 144 valence electrons. The molecule has 3 rings (SSSR count). The Kier molecular flexibility index (Phi) is 6.80. The van der Waals surface area contributed by atoms with Gasteiger partial charge in [0.25, 0.3) is 5.69 Å². The molecule has 0 bridgehead atoms. The summed E-state index contributed by atoms with van der Waals surface area (Å²) in [5, 5.41) is 20.2. The van der Waals surface area contributed by atoms with Gasteiger partial charge in [-0.15, -0.1) is 16.8 Å². The maximum atomic E-state index is 10.8. The van der Waals surface area contributed by atoms with E-state index in [4.69, 9.17) is 4.74 Å². The second-order valence-corrected chi connectivity index (χ2v) is 6.97. The third-order valence-electron chi connectivity index (χ3n) is 3.92. The molecule has 8 heteroatoms. The summed E-state index contributed by atoms with van der Waals surface area (Å²) in [6.07, 6.45) is 2.52. The van der Waals surface area contributed by atoms with Crippen LogP contribution in [0.2, 0.25) is 0 Å². The van der Waals surface area contributed by atoms with Crippen molar-refractivity contribution in [2.75, 3.05) is 12.4 Å². The molecule has 28 heavy (non-hydrogen) atoms. The van der Waals surface area contributed by atoms with Crippen LogP contribution in [-0.2, 0) is 13.0 Å². The van der Waals surface area contributed by atoms with Crippen molar-refractivity contribution in [3.05, 3.63) is 88.8 Å². The number of benzene rings is 2. The molecule has 1 heterocycles. The number of allylic oxidation sites excluding steroid dienone is 1. The summed E-state index contributed by atoms with van der Waals surface area (Å²) in [4.78, 5) is 10.4. The molecule has 0 aliphatic rings. The van der Waals surface area contributed by atoms with Crippen molar-refractivity contribution in [1.82, 2.24) is 14.8 Å². The quantitative estimate of drug-likeness (QED) is 0.168. The molecule has 1 aromatic heterocycles. The summed E-state index contributed by atoms with van der Waals surface area (Å²) in [6, 6.07) is 16.3. The smallest absolute Gasteiger partial charge is 0.273 e. The molecule has 3 aromatic rings. The van der Waals surface area contributed by atoms with Gasteiger partial charge in [0.2, 0.25) is 0 Å². The Bertz CT molecular complexity index is 944. The average molecular weight is 396 g/mol. The van der Waals surface area contributed by atoms with Crippen molar-refractivity contribution >= 4 is 17.4 Å². The van der Waals surface area contributed by atoms with E-state index in [0.29, 0.717) is 31.1 Å². The number of nitro benzene ring substituents is 1. The number of hydrogen-bond donors (Lipinski definition) is 0. The van der Waals surface area contributed by atoms with E-state index in [2.05, 4.69) is 28.9 Å². The molecule has 7 nitrogen and oxygen atoms in total. The Balaban J connectivity index is 1.59. The van der Waals surface area contributed by atoms with Gasteiger partial charge in [0.15, 0.2) is 5.16 Å². The largest absolute Gasteiger partial charge is 0.492 e. The fourth-order valence-corrected chi connectivity index (χ4v) is 3.41. The molecule has 0 radical (unpaired) electrons. The van der Waals surface area contributed by atoms with Crippen LogP contribution in [-0.4, -0.2) is 32.0 Å². The van der Waals surface area contributed by atoms with E-state index in [1.165, 1.54) is 29.5 Å². The van der Waals surface area contributed by atoms with Gasteiger partial charge in [-0.3, -0.25) is 10.1 Å². The number of aromatic nitrogens is 3. The lowest BCUT2D eigenvalue weighted by atomic mass is 10.1. The SMILES string of the molecule is C=CCn1c(Cc2ccccc2)nnc1SCCOc1cccc([N+](=O)[O-])c1. The molecule has 0 aliphatic carbocycles. The monoisotopic (exact) mass is 396 g/mol. The third-order valence-corrected chi connectivity index (χ3v) is 4.85. The molecule has 0 aliphatic heterocycles. The summed E-state index contributed by atoms with van der Waals surface area (Å²) in [5.74, 6) is 2.00. The molecule has 0 fully saturated rings. The number of non-ortho nitro benzene ring substituents is 1. The zero-order valence-electron chi connectivity index (χ0n) is 15.2. The summed E-state index contributed by atoms with van der Waals surface area (Å²) in [6.45, 7) is 4.85. The predicted molar refractivity (Wildman–Crippen MR) is 109 cm³/mol. The molecule has 2 aromatic carbocycles. The number of rotatable bonds is 10. The van der Waals surface area contributed by atoms with Crippen molar-refractivity contribution in [3.63, 3.8) is 0 Å². The van der Waals surface area contributed by atoms with Crippen LogP contribution < -0.4 is 4.74 Å². The lowest BCUT2D eigenvalue weighted by Gasteiger charge is -2.08.